The van der Waals surface area contributed by atoms with Crippen molar-refractivity contribution >= 4 is 46.5 Å². The Morgan fingerprint density at radius 3 is 2.55 bits per heavy atom. The highest BCUT2D eigenvalue weighted by Gasteiger charge is 2.05. The maximum Gasteiger partial charge on any atom is 0.349 e. The van der Waals surface area contributed by atoms with Crippen molar-refractivity contribution in [3.8, 4) is 0 Å². The molecule has 0 aromatic heterocycles. The van der Waals surface area contributed by atoms with E-state index in [1.165, 1.54) is 6.92 Å². The van der Waals surface area contributed by atoms with Gasteiger partial charge in [-0.1, -0.05) is 28.4 Å². The van der Waals surface area contributed by atoms with E-state index in [0.29, 0.717) is 5.71 Å². The van der Waals surface area contributed by atoms with Gasteiger partial charge in [0.2, 0.25) is 0 Å². The first kappa shape index (κ1) is 11.0. The lowest BCUT2D eigenvalue weighted by atomic mass is 10.5. The quantitative estimate of drug-likeness (QED) is 0.314. The van der Waals surface area contributed by atoms with E-state index in [1.807, 2.05) is 0 Å². The molecule has 64 valence electrons. The zero-order chi connectivity index (χ0) is 8.85. The fraction of sp³-hybridized carbons (Fsp3) is 0.600. The van der Waals surface area contributed by atoms with Crippen LogP contribution in [0.25, 0.3) is 0 Å². The van der Waals surface area contributed by atoms with Crippen LogP contribution in [-0.2, 0) is 9.63 Å². The molecule has 0 saturated heterocycles. The van der Waals surface area contributed by atoms with Crippen LogP contribution >= 0.6 is 34.8 Å². The molecule has 3 nitrogen and oxygen atoms in total. The van der Waals surface area contributed by atoms with E-state index in [9.17, 15) is 4.79 Å². The third kappa shape index (κ3) is 5.30. The van der Waals surface area contributed by atoms with Crippen LogP contribution in [0.3, 0.4) is 0 Å². The molecule has 0 N–H and O–H groups in total. The summed E-state index contributed by atoms with van der Waals surface area (Å²) in [5.74, 6) is -0.883. The molecular formula is C5H6Cl3NO2. The second-order valence-electron chi connectivity index (χ2n) is 1.63. The lowest BCUT2D eigenvalue weighted by Crippen LogP contribution is -2.07. The Morgan fingerprint density at radius 1 is 1.64 bits per heavy atom. The first-order valence-electron chi connectivity index (χ1n) is 2.66. The number of carbonyl (C=O) groups excluding carboxylic acids is 1. The molecule has 0 aromatic rings. The van der Waals surface area contributed by atoms with Gasteiger partial charge in [0.15, 0.2) is 0 Å². The normalized spacial score (nSPS) is 11.9. The number of hydrogen-bond donors (Lipinski definition) is 0. The molecule has 0 rings (SSSR count). The molecule has 0 atom stereocenters. The third-order valence-electron chi connectivity index (χ3n) is 0.716. The maximum atomic E-state index is 10.4. The molecule has 0 fully saturated rings. The SMILES string of the molecule is CC(=NOC(=O)CCl)C(Cl)Cl. The molecule has 0 spiro atoms. The van der Waals surface area contributed by atoms with E-state index in [0.717, 1.165) is 0 Å². The van der Waals surface area contributed by atoms with E-state index in [-0.39, 0.29) is 5.88 Å². The number of carbonyl (C=O) groups is 1. The Balaban J connectivity index is 3.82. The predicted molar refractivity (Wildman–Crippen MR) is 45.4 cm³/mol. The Kier molecular flexibility index (Phi) is 5.64. The first-order chi connectivity index (χ1) is 5.07. The van der Waals surface area contributed by atoms with Crippen LogP contribution in [0, 0.1) is 0 Å². The average Bonchev–Trinajstić information content (AvgIpc) is 1.99. The van der Waals surface area contributed by atoms with Crippen molar-refractivity contribution < 1.29 is 9.63 Å². The number of alkyl halides is 3. The first-order valence-corrected chi connectivity index (χ1v) is 4.07. The largest absolute Gasteiger partial charge is 0.349 e. The van der Waals surface area contributed by atoms with Gasteiger partial charge in [-0.25, -0.2) is 4.79 Å². The Labute approximate surface area is 79.2 Å². The van der Waals surface area contributed by atoms with Gasteiger partial charge < -0.3 is 4.84 Å². The number of nitrogens with zero attached hydrogens (tertiary/aromatic N) is 1. The summed E-state index contributed by atoms with van der Waals surface area (Å²) in [6.45, 7) is 1.53. The van der Waals surface area contributed by atoms with Crippen molar-refractivity contribution in [2.24, 2.45) is 5.16 Å². The molecule has 6 heteroatoms. The summed E-state index contributed by atoms with van der Waals surface area (Å²) in [7, 11) is 0. The van der Waals surface area contributed by atoms with Crippen LogP contribution in [0.1, 0.15) is 6.92 Å². The highest BCUT2D eigenvalue weighted by molar-refractivity contribution is 6.54. The summed E-state index contributed by atoms with van der Waals surface area (Å²) in [6.07, 6.45) is 0. The van der Waals surface area contributed by atoms with E-state index < -0.39 is 10.8 Å². The molecule has 0 aliphatic carbocycles. The molecule has 0 saturated carbocycles. The molecular weight excluding hydrogens is 212 g/mol. The second kappa shape index (κ2) is 5.63. The van der Waals surface area contributed by atoms with Gasteiger partial charge in [-0.3, -0.25) is 0 Å². The highest BCUT2D eigenvalue weighted by atomic mass is 35.5. The van der Waals surface area contributed by atoms with Crippen LogP contribution in [0.15, 0.2) is 5.16 Å². The maximum absolute atomic E-state index is 10.4. The Hall–Kier alpha value is 0.01000. The topological polar surface area (TPSA) is 38.7 Å². The summed E-state index contributed by atoms with van der Waals surface area (Å²) in [6, 6.07) is 0. The second-order valence-corrected chi connectivity index (χ2v) is 2.99. The Bertz CT molecular complexity index is 169. The lowest BCUT2D eigenvalue weighted by molar-refractivity contribution is -0.140. The highest BCUT2D eigenvalue weighted by Crippen LogP contribution is 2.04. The lowest BCUT2D eigenvalue weighted by Gasteiger charge is -1.97. The zero-order valence-electron chi connectivity index (χ0n) is 5.68. The summed E-state index contributed by atoms with van der Waals surface area (Å²) in [5, 5.41) is 3.31. The van der Waals surface area contributed by atoms with Crippen molar-refractivity contribution in [1.29, 1.82) is 0 Å². The van der Waals surface area contributed by atoms with Crippen LogP contribution in [0.2, 0.25) is 0 Å². The number of hydrogen-bond acceptors (Lipinski definition) is 3. The van der Waals surface area contributed by atoms with Gasteiger partial charge in [0.1, 0.15) is 10.7 Å². The minimum Gasteiger partial charge on any atom is -0.317 e. The Morgan fingerprint density at radius 2 is 2.18 bits per heavy atom. The van der Waals surface area contributed by atoms with Crippen LogP contribution in [0.4, 0.5) is 0 Å². The molecule has 0 radical (unpaired) electrons. The van der Waals surface area contributed by atoms with Crippen LogP contribution in [-0.4, -0.2) is 22.4 Å². The number of oxime groups is 1. The standard InChI is InChI=1S/C5H6Cl3NO2/c1-3(5(7)8)9-11-4(10)2-6/h5H,2H2,1H3. The predicted octanol–water partition coefficient (Wildman–Crippen LogP) is 1.95. The summed E-state index contributed by atoms with van der Waals surface area (Å²) >= 11 is 15.8. The fourth-order valence-electron chi connectivity index (χ4n) is 0.187. The van der Waals surface area contributed by atoms with Crippen molar-refractivity contribution in [2.45, 2.75) is 11.8 Å². The van der Waals surface area contributed by atoms with Crippen molar-refractivity contribution in [1.82, 2.24) is 0 Å². The number of rotatable bonds is 3. The van der Waals surface area contributed by atoms with E-state index >= 15 is 0 Å². The van der Waals surface area contributed by atoms with Gasteiger partial charge in [0.25, 0.3) is 0 Å². The average molecular weight is 218 g/mol. The summed E-state index contributed by atoms with van der Waals surface area (Å²) in [5.41, 5.74) is 0.312. The fourth-order valence-corrected chi connectivity index (χ4v) is 0.316. The monoisotopic (exact) mass is 217 g/mol. The van der Waals surface area contributed by atoms with Gasteiger partial charge >= 0.3 is 5.97 Å². The van der Waals surface area contributed by atoms with E-state index in [2.05, 4.69) is 9.99 Å². The van der Waals surface area contributed by atoms with Gasteiger partial charge in [-0.15, -0.1) is 11.6 Å². The zero-order valence-corrected chi connectivity index (χ0v) is 7.95. The van der Waals surface area contributed by atoms with E-state index in [4.69, 9.17) is 34.8 Å². The molecule has 0 aliphatic heterocycles. The van der Waals surface area contributed by atoms with Crippen molar-refractivity contribution in [3.05, 3.63) is 0 Å². The van der Waals surface area contributed by atoms with Crippen LogP contribution < -0.4 is 0 Å². The summed E-state index contributed by atoms with van der Waals surface area (Å²) in [4.78, 5) is 13.9. The minimum absolute atomic E-state index is 0.244. The summed E-state index contributed by atoms with van der Waals surface area (Å²) < 4.78 is 0. The van der Waals surface area contributed by atoms with Gasteiger partial charge in [0, 0.05) is 0 Å². The smallest absolute Gasteiger partial charge is 0.317 e. The molecule has 0 heterocycles. The van der Waals surface area contributed by atoms with E-state index in [1.54, 1.807) is 0 Å². The minimum atomic E-state index is -0.766. The molecule has 0 unspecified atom stereocenters. The van der Waals surface area contributed by atoms with Gasteiger partial charge in [-0.2, -0.15) is 0 Å². The van der Waals surface area contributed by atoms with Gasteiger partial charge in [0.05, 0.1) is 5.71 Å². The van der Waals surface area contributed by atoms with Gasteiger partial charge in [-0.05, 0) is 6.92 Å². The van der Waals surface area contributed by atoms with Crippen LogP contribution in [0.5, 0.6) is 0 Å². The molecule has 0 bridgehead atoms. The third-order valence-corrected chi connectivity index (χ3v) is 1.57. The molecule has 11 heavy (non-hydrogen) atoms. The molecule has 0 amide bonds. The molecule has 0 aliphatic rings. The van der Waals surface area contributed by atoms with Crippen molar-refractivity contribution in [2.75, 3.05) is 5.88 Å². The van der Waals surface area contributed by atoms with Crippen molar-refractivity contribution in [3.63, 3.8) is 0 Å². The molecule has 0 aromatic carbocycles. The number of halogens is 3.